The first-order valence-electron chi connectivity index (χ1n) is 5.75. The van der Waals surface area contributed by atoms with Crippen molar-refractivity contribution in [2.45, 2.75) is 0 Å². The summed E-state index contributed by atoms with van der Waals surface area (Å²) in [6.07, 6.45) is 0. The summed E-state index contributed by atoms with van der Waals surface area (Å²) in [6, 6.07) is 15.4. The minimum atomic E-state index is -0.402. The Morgan fingerprint density at radius 3 is 2.11 bits per heavy atom. The van der Waals surface area contributed by atoms with Crippen LogP contribution in [0.1, 0.15) is 20.7 Å². The fourth-order valence-electron chi connectivity index (χ4n) is 1.60. The van der Waals surface area contributed by atoms with E-state index in [1.165, 1.54) is 7.11 Å². The van der Waals surface area contributed by atoms with Gasteiger partial charge in [0.2, 0.25) is 0 Å². The molecule has 0 aliphatic heterocycles. The van der Waals surface area contributed by atoms with Crippen molar-refractivity contribution in [1.29, 1.82) is 0 Å². The summed E-state index contributed by atoms with van der Waals surface area (Å²) in [6.45, 7) is 0. The van der Waals surface area contributed by atoms with Crippen LogP contribution in [0.3, 0.4) is 0 Å². The van der Waals surface area contributed by atoms with Gasteiger partial charge in [0.25, 0.3) is 5.91 Å². The Morgan fingerprint density at radius 1 is 0.895 bits per heavy atom. The molecule has 96 valence electrons. The summed E-state index contributed by atoms with van der Waals surface area (Å²) in [4.78, 5) is 23.1. The molecule has 0 heterocycles. The molecule has 0 spiro atoms. The average Bonchev–Trinajstić information content (AvgIpc) is 2.48. The summed E-state index contributed by atoms with van der Waals surface area (Å²) in [5.41, 5.74) is 1.65. The van der Waals surface area contributed by atoms with Crippen molar-refractivity contribution < 1.29 is 14.3 Å². The van der Waals surface area contributed by atoms with Gasteiger partial charge in [0.15, 0.2) is 0 Å². The van der Waals surface area contributed by atoms with Crippen LogP contribution in [-0.2, 0) is 4.74 Å². The number of carbonyl (C=O) groups is 2. The second-order valence-electron chi connectivity index (χ2n) is 3.89. The molecule has 2 aromatic carbocycles. The van der Waals surface area contributed by atoms with Crippen molar-refractivity contribution >= 4 is 17.6 Å². The standard InChI is InChI=1S/C15H13NO3/c1-19-15(18)12-7-9-13(10-8-12)16-14(17)11-5-3-2-4-6-11/h2-10H,1H3,(H,16,17). The number of hydrogen-bond acceptors (Lipinski definition) is 3. The first kappa shape index (κ1) is 12.8. The first-order chi connectivity index (χ1) is 9.20. The van der Waals surface area contributed by atoms with Crippen LogP contribution < -0.4 is 5.32 Å². The van der Waals surface area contributed by atoms with Crippen LogP contribution in [0.4, 0.5) is 5.69 Å². The number of anilines is 1. The molecular weight excluding hydrogens is 242 g/mol. The molecular formula is C15H13NO3. The van der Waals surface area contributed by atoms with Gasteiger partial charge in [-0.3, -0.25) is 4.79 Å². The van der Waals surface area contributed by atoms with E-state index in [1.807, 2.05) is 6.07 Å². The summed E-state index contributed by atoms with van der Waals surface area (Å²) >= 11 is 0. The third-order valence-corrected chi connectivity index (χ3v) is 2.60. The van der Waals surface area contributed by atoms with Crippen molar-refractivity contribution in [3.05, 3.63) is 65.7 Å². The SMILES string of the molecule is COC(=O)c1ccc(NC(=O)c2ccccc2)cc1. The Labute approximate surface area is 111 Å². The molecule has 2 rings (SSSR count). The first-order valence-corrected chi connectivity index (χ1v) is 5.75. The summed E-state index contributed by atoms with van der Waals surface area (Å²) in [5, 5.41) is 2.75. The molecule has 0 fully saturated rings. The molecule has 0 bridgehead atoms. The number of amides is 1. The normalized spacial score (nSPS) is 9.74. The highest BCUT2D eigenvalue weighted by Crippen LogP contribution is 2.12. The van der Waals surface area contributed by atoms with E-state index in [4.69, 9.17) is 0 Å². The summed E-state index contributed by atoms with van der Waals surface area (Å²) < 4.78 is 4.60. The lowest BCUT2D eigenvalue weighted by atomic mass is 10.2. The fourth-order valence-corrected chi connectivity index (χ4v) is 1.60. The largest absolute Gasteiger partial charge is 0.465 e. The molecule has 1 N–H and O–H groups in total. The molecule has 2 aromatic rings. The van der Waals surface area contributed by atoms with Crippen molar-refractivity contribution in [3.63, 3.8) is 0 Å². The molecule has 0 aromatic heterocycles. The maximum atomic E-state index is 11.9. The molecule has 0 atom stereocenters. The highest BCUT2D eigenvalue weighted by atomic mass is 16.5. The lowest BCUT2D eigenvalue weighted by molar-refractivity contribution is 0.0600. The van der Waals surface area contributed by atoms with Gasteiger partial charge in [-0.1, -0.05) is 18.2 Å². The maximum Gasteiger partial charge on any atom is 0.337 e. The summed E-state index contributed by atoms with van der Waals surface area (Å²) in [5.74, 6) is -0.590. The third-order valence-electron chi connectivity index (χ3n) is 2.60. The zero-order chi connectivity index (χ0) is 13.7. The molecule has 0 unspecified atom stereocenters. The third kappa shape index (κ3) is 3.19. The zero-order valence-corrected chi connectivity index (χ0v) is 10.4. The Morgan fingerprint density at radius 2 is 1.53 bits per heavy atom. The van der Waals surface area contributed by atoms with E-state index >= 15 is 0 Å². The lowest BCUT2D eigenvalue weighted by Gasteiger charge is -2.06. The van der Waals surface area contributed by atoms with Gasteiger partial charge in [0, 0.05) is 11.3 Å². The minimum Gasteiger partial charge on any atom is -0.465 e. The number of benzene rings is 2. The van der Waals surface area contributed by atoms with Gasteiger partial charge in [-0.15, -0.1) is 0 Å². The molecule has 1 amide bonds. The van der Waals surface area contributed by atoms with Gasteiger partial charge >= 0.3 is 5.97 Å². The van der Waals surface area contributed by atoms with Crippen molar-refractivity contribution in [2.24, 2.45) is 0 Å². The number of carbonyl (C=O) groups excluding carboxylic acids is 2. The minimum absolute atomic E-state index is 0.189. The van der Waals surface area contributed by atoms with E-state index in [1.54, 1.807) is 48.5 Å². The Hall–Kier alpha value is -2.62. The van der Waals surface area contributed by atoms with Crippen LogP contribution in [0, 0.1) is 0 Å². The van der Waals surface area contributed by atoms with E-state index in [0.717, 1.165) is 0 Å². The van der Waals surface area contributed by atoms with Gasteiger partial charge in [-0.2, -0.15) is 0 Å². The van der Waals surface area contributed by atoms with Gasteiger partial charge in [-0.25, -0.2) is 4.79 Å². The molecule has 0 radical (unpaired) electrons. The van der Waals surface area contributed by atoms with E-state index in [0.29, 0.717) is 16.8 Å². The van der Waals surface area contributed by atoms with E-state index in [-0.39, 0.29) is 5.91 Å². The van der Waals surface area contributed by atoms with Crippen molar-refractivity contribution in [2.75, 3.05) is 12.4 Å². The number of ether oxygens (including phenoxy) is 1. The van der Waals surface area contributed by atoms with Crippen molar-refractivity contribution in [3.8, 4) is 0 Å². The summed E-state index contributed by atoms with van der Waals surface area (Å²) in [7, 11) is 1.33. The Bertz CT molecular complexity index is 576. The Kier molecular flexibility index (Phi) is 3.93. The highest BCUT2D eigenvalue weighted by molar-refractivity contribution is 6.04. The molecule has 0 aliphatic carbocycles. The maximum absolute atomic E-state index is 11.9. The monoisotopic (exact) mass is 255 g/mol. The molecule has 0 saturated heterocycles. The van der Waals surface area contributed by atoms with Crippen LogP contribution >= 0.6 is 0 Å². The topological polar surface area (TPSA) is 55.4 Å². The smallest absolute Gasteiger partial charge is 0.337 e. The van der Waals surface area contributed by atoms with Crippen molar-refractivity contribution in [1.82, 2.24) is 0 Å². The van der Waals surface area contributed by atoms with Crippen LogP contribution in [0.2, 0.25) is 0 Å². The molecule has 19 heavy (non-hydrogen) atoms. The van der Waals surface area contributed by atoms with E-state index in [9.17, 15) is 9.59 Å². The van der Waals surface area contributed by atoms with E-state index < -0.39 is 5.97 Å². The quantitative estimate of drug-likeness (QED) is 0.858. The predicted molar refractivity (Wildman–Crippen MR) is 72.2 cm³/mol. The van der Waals surface area contributed by atoms with Gasteiger partial charge < -0.3 is 10.1 Å². The van der Waals surface area contributed by atoms with Gasteiger partial charge in [0.05, 0.1) is 12.7 Å². The van der Waals surface area contributed by atoms with E-state index in [2.05, 4.69) is 10.1 Å². The molecule has 4 heteroatoms. The Balaban J connectivity index is 2.08. The number of esters is 1. The van der Waals surface area contributed by atoms with Crippen LogP contribution in [0.15, 0.2) is 54.6 Å². The fraction of sp³-hybridized carbons (Fsp3) is 0.0667. The predicted octanol–water partition coefficient (Wildman–Crippen LogP) is 2.73. The molecule has 0 saturated carbocycles. The number of rotatable bonds is 3. The zero-order valence-electron chi connectivity index (χ0n) is 10.4. The van der Waals surface area contributed by atoms with Crippen LogP contribution in [-0.4, -0.2) is 19.0 Å². The van der Waals surface area contributed by atoms with Crippen LogP contribution in [0.25, 0.3) is 0 Å². The second-order valence-corrected chi connectivity index (χ2v) is 3.89. The molecule has 4 nitrogen and oxygen atoms in total. The van der Waals surface area contributed by atoms with Gasteiger partial charge in [0.1, 0.15) is 0 Å². The number of nitrogens with one attached hydrogen (secondary N) is 1. The van der Waals surface area contributed by atoms with Gasteiger partial charge in [-0.05, 0) is 36.4 Å². The number of methoxy groups -OCH3 is 1. The highest BCUT2D eigenvalue weighted by Gasteiger charge is 2.07. The number of hydrogen-bond donors (Lipinski definition) is 1. The molecule has 0 aliphatic rings. The second kappa shape index (κ2) is 5.82. The average molecular weight is 255 g/mol. The lowest BCUT2D eigenvalue weighted by Crippen LogP contribution is -2.11. The van der Waals surface area contributed by atoms with Crippen LogP contribution in [0.5, 0.6) is 0 Å².